The molecule has 3 unspecified atom stereocenters. The topological polar surface area (TPSA) is 12.4 Å². The van der Waals surface area contributed by atoms with E-state index in [2.05, 4.69) is 22.0 Å². The molecule has 21 heavy (non-hydrogen) atoms. The van der Waals surface area contributed by atoms with Gasteiger partial charge in [0.1, 0.15) is 5.82 Å². The van der Waals surface area contributed by atoms with Crippen molar-refractivity contribution in [1.29, 1.82) is 0 Å². The van der Waals surface area contributed by atoms with E-state index in [0.717, 1.165) is 12.8 Å². The highest BCUT2D eigenvalue weighted by Crippen LogP contribution is 2.47. The number of hydrogen-bond donors (Lipinski definition) is 0. The molecule has 1 aliphatic carbocycles. The highest BCUT2D eigenvalue weighted by atomic mass is 79.9. The zero-order chi connectivity index (χ0) is 14.4. The van der Waals surface area contributed by atoms with E-state index in [1.807, 2.05) is 23.9 Å². The Morgan fingerprint density at radius 1 is 1.33 bits per heavy atom. The van der Waals surface area contributed by atoms with Crippen LogP contribution in [0.4, 0.5) is 4.39 Å². The third-order valence-corrected chi connectivity index (χ3v) is 6.67. The number of nitrogens with zero attached hydrogens (tertiary/aromatic N) is 1. The summed E-state index contributed by atoms with van der Waals surface area (Å²) in [5, 5.41) is 0.461. The van der Waals surface area contributed by atoms with Crippen LogP contribution >= 0.6 is 27.7 Å². The lowest BCUT2D eigenvalue weighted by molar-refractivity contribution is 0.557. The van der Waals surface area contributed by atoms with Gasteiger partial charge < -0.3 is 0 Å². The molecular weight excluding hydrogens is 349 g/mol. The minimum absolute atomic E-state index is 0.184. The third kappa shape index (κ3) is 2.40. The van der Waals surface area contributed by atoms with E-state index < -0.39 is 0 Å². The fourth-order valence-electron chi connectivity index (χ4n) is 3.76. The Morgan fingerprint density at radius 3 is 3.10 bits per heavy atom. The van der Waals surface area contributed by atoms with Crippen molar-refractivity contribution in [3.05, 3.63) is 45.7 Å². The van der Waals surface area contributed by atoms with Gasteiger partial charge in [0.15, 0.2) is 0 Å². The Hall–Kier alpha value is -0.610. The average molecular weight is 366 g/mol. The highest BCUT2D eigenvalue weighted by Gasteiger charge is 2.41. The second-order valence-electron chi connectivity index (χ2n) is 5.96. The normalized spacial score (nSPS) is 31.2. The Morgan fingerprint density at radius 2 is 2.24 bits per heavy atom. The molecule has 0 spiro atoms. The van der Waals surface area contributed by atoms with E-state index >= 15 is 0 Å². The zero-order valence-corrected chi connectivity index (χ0v) is 14.1. The molecule has 0 bridgehead atoms. The lowest BCUT2D eigenvalue weighted by Gasteiger charge is -2.37. The number of aliphatic imine (C=N–C) groups is 1. The smallest absolute Gasteiger partial charge is 0.137 e. The molecule has 1 saturated heterocycles. The van der Waals surface area contributed by atoms with E-state index in [1.165, 1.54) is 35.4 Å². The van der Waals surface area contributed by atoms with Gasteiger partial charge in [-0.1, -0.05) is 12.1 Å². The fraction of sp³-hybridized carbons (Fsp3) is 0.471. The summed E-state index contributed by atoms with van der Waals surface area (Å²) in [5.41, 5.74) is 4.09. The molecule has 4 rings (SSSR count). The molecule has 1 nitrogen and oxygen atoms in total. The van der Waals surface area contributed by atoms with Crippen LogP contribution in [0.3, 0.4) is 0 Å². The molecule has 0 aromatic heterocycles. The van der Waals surface area contributed by atoms with Gasteiger partial charge in [-0.25, -0.2) is 4.39 Å². The standard InChI is InChI=1S/C17H17BrFNS/c18-12-9-10(5-6-13(12)19)16-11-3-1-2-4-14(11)20-15-7-8-21-17(15)16/h3,5-6,9,14,16-17H,1-2,4,7-8H2. The largest absolute Gasteiger partial charge is 0.285 e. The quantitative estimate of drug-likeness (QED) is 0.629. The van der Waals surface area contributed by atoms with Crippen LogP contribution in [0.1, 0.15) is 37.2 Å². The van der Waals surface area contributed by atoms with Crippen molar-refractivity contribution in [2.45, 2.75) is 42.9 Å². The first-order valence-corrected chi connectivity index (χ1v) is 9.41. The van der Waals surface area contributed by atoms with Gasteiger partial charge >= 0.3 is 0 Å². The minimum atomic E-state index is -0.184. The first kappa shape index (κ1) is 14.0. The van der Waals surface area contributed by atoms with Crippen molar-refractivity contribution in [3.8, 4) is 0 Å². The predicted octanol–water partition coefficient (Wildman–Crippen LogP) is 5.11. The van der Waals surface area contributed by atoms with E-state index in [4.69, 9.17) is 4.99 Å². The van der Waals surface area contributed by atoms with Gasteiger partial charge in [0.2, 0.25) is 0 Å². The van der Waals surface area contributed by atoms with Crippen molar-refractivity contribution in [3.63, 3.8) is 0 Å². The molecule has 0 radical (unpaired) electrons. The number of thioether (sulfide) groups is 1. The monoisotopic (exact) mass is 365 g/mol. The first-order chi connectivity index (χ1) is 10.2. The number of hydrogen-bond acceptors (Lipinski definition) is 2. The maximum Gasteiger partial charge on any atom is 0.137 e. The van der Waals surface area contributed by atoms with Crippen LogP contribution in [-0.2, 0) is 0 Å². The molecule has 0 N–H and O–H groups in total. The molecule has 2 aliphatic heterocycles. The van der Waals surface area contributed by atoms with Crippen LogP contribution in [-0.4, -0.2) is 22.8 Å². The van der Waals surface area contributed by atoms with Crippen molar-refractivity contribution in [2.24, 2.45) is 4.99 Å². The van der Waals surface area contributed by atoms with E-state index in [-0.39, 0.29) is 5.82 Å². The van der Waals surface area contributed by atoms with Crippen LogP contribution in [0.15, 0.2) is 39.3 Å². The van der Waals surface area contributed by atoms with Crippen LogP contribution in [0, 0.1) is 5.82 Å². The number of rotatable bonds is 1. The second-order valence-corrected chi connectivity index (χ2v) is 8.07. The van der Waals surface area contributed by atoms with Crippen LogP contribution in [0.2, 0.25) is 0 Å². The molecule has 110 valence electrons. The molecule has 1 fully saturated rings. The maximum atomic E-state index is 13.6. The Labute approximate surface area is 137 Å². The highest BCUT2D eigenvalue weighted by molar-refractivity contribution is 9.10. The van der Waals surface area contributed by atoms with Gasteiger partial charge in [-0.05, 0) is 70.6 Å². The molecule has 3 aliphatic rings. The van der Waals surface area contributed by atoms with Gasteiger partial charge in [-0.15, -0.1) is 0 Å². The molecule has 3 atom stereocenters. The number of allylic oxidation sites excluding steroid dienone is 1. The number of benzene rings is 1. The summed E-state index contributed by atoms with van der Waals surface area (Å²) >= 11 is 5.36. The predicted molar refractivity (Wildman–Crippen MR) is 90.9 cm³/mol. The number of fused-ring (bicyclic) bond motifs is 2. The summed E-state index contributed by atoms with van der Waals surface area (Å²) in [6.45, 7) is 0. The molecular formula is C17H17BrFNS. The Kier molecular flexibility index (Phi) is 3.70. The first-order valence-electron chi connectivity index (χ1n) is 7.57. The van der Waals surface area contributed by atoms with Gasteiger partial charge in [0, 0.05) is 11.6 Å². The zero-order valence-electron chi connectivity index (χ0n) is 11.7. The van der Waals surface area contributed by atoms with Gasteiger partial charge in [-0.2, -0.15) is 11.8 Å². The van der Waals surface area contributed by atoms with E-state index in [0.29, 0.717) is 21.7 Å². The molecule has 0 saturated carbocycles. The summed E-state index contributed by atoms with van der Waals surface area (Å²) in [7, 11) is 0. The lowest BCUT2D eigenvalue weighted by atomic mass is 9.76. The molecule has 2 heterocycles. The van der Waals surface area contributed by atoms with E-state index in [1.54, 1.807) is 6.07 Å². The molecule has 4 heteroatoms. The van der Waals surface area contributed by atoms with Crippen LogP contribution in [0.5, 0.6) is 0 Å². The minimum Gasteiger partial charge on any atom is -0.285 e. The van der Waals surface area contributed by atoms with E-state index in [9.17, 15) is 4.39 Å². The maximum absolute atomic E-state index is 13.6. The van der Waals surface area contributed by atoms with Crippen LogP contribution in [0.25, 0.3) is 0 Å². The second kappa shape index (κ2) is 5.54. The average Bonchev–Trinajstić information content (AvgIpc) is 2.95. The molecule has 1 aromatic rings. The van der Waals surface area contributed by atoms with Crippen LogP contribution < -0.4 is 0 Å². The summed E-state index contributed by atoms with van der Waals surface area (Å²) in [4.78, 5) is 5.02. The summed E-state index contributed by atoms with van der Waals surface area (Å²) < 4.78 is 14.1. The van der Waals surface area contributed by atoms with Gasteiger partial charge in [0.05, 0.1) is 15.8 Å². The molecule has 0 amide bonds. The Bertz CT molecular complexity index is 640. The van der Waals surface area contributed by atoms with Crippen molar-refractivity contribution >= 4 is 33.4 Å². The van der Waals surface area contributed by atoms with Crippen molar-refractivity contribution < 1.29 is 4.39 Å². The van der Waals surface area contributed by atoms with Gasteiger partial charge in [0.25, 0.3) is 0 Å². The summed E-state index contributed by atoms with van der Waals surface area (Å²) in [5.74, 6) is 1.37. The Balaban J connectivity index is 1.82. The van der Waals surface area contributed by atoms with Crippen molar-refractivity contribution in [1.82, 2.24) is 0 Å². The molecule has 1 aromatic carbocycles. The summed E-state index contributed by atoms with van der Waals surface area (Å²) in [6, 6.07) is 5.88. The summed E-state index contributed by atoms with van der Waals surface area (Å²) in [6.07, 6.45) is 7.09. The van der Waals surface area contributed by atoms with Gasteiger partial charge in [-0.3, -0.25) is 4.99 Å². The van der Waals surface area contributed by atoms with Crippen molar-refractivity contribution in [2.75, 3.05) is 5.75 Å². The number of halogens is 2. The SMILES string of the molecule is Fc1ccc(C2C3=CCCCC3N=C3CCSC32)cc1Br. The lowest BCUT2D eigenvalue weighted by Crippen LogP contribution is -2.34. The third-order valence-electron chi connectivity index (χ3n) is 4.72. The fourth-order valence-corrected chi connectivity index (χ4v) is 5.61.